The lowest BCUT2D eigenvalue weighted by Crippen LogP contribution is -2.18. The van der Waals surface area contributed by atoms with Gasteiger partial charge in [-0.3, -0.25) is 0 Å². The van der Waals surface area contributed by atoms with Crippen molar-refractivity contribution < 1.29 is 0 Å². The first-order valence-electron chi connectivity index (χ1n) is 4.31. The molecule has 13 heavy (non-hydrogen) atoms. The summed E-state index contributed by atoms with van der Waals surface area (Å²) in [6.07, 6.45) is 0. The van der Waals surface area contributed by atoms with Crippen molar-refractivity contribution in [2.75, 3.05) is 6.54 Å². The quantitative estimate of drug-likeness (QED) is 0.697. The molecule has 0 aliphatic rings. The van der Waals surface area contributed by atoms with Gasteiger partial charge in [-0.15, -0.1) is 10.2 Å². The molecule has 0 radical (unpaired) electrons. The van der Waals surface area contributed by atoms with Crippen LogP contribution in [-0.4, -0.2) is 21.3 Å². The van der Waals surface area contributed by atoms with Crippen LogP contribution in [0.15, 0.2) is 12.2 Å². The van der Waals surface area contributed by atoms with Crippen LogP contribution in [-0.2, 0) is 13.6 Å². The van der Waals surface area contributed by atoms with E-state index in [2.05, 4.69) is 22.1 Å². The van der Waals surface area contributed by atoms with Gasteiger partial charge in [0.1, 0.15) is 11.6 Å². The molecule has 0 saturated carbocycles. The number of nitrogens with one attached hydrogen (secondary N) is 1. The molecular formula is C9H16N4. The van der Waals surface area contributed by atoms with E-state index in [1.165, 1.54) is 0 Å². The lowest BCUT2D eigenvalue weighted by atomic mass is 10.3. The van der Waals surface area contributed by atoms with Crippen molar-refractivity contribution >= 4 is 0 Å². The van der Waals surface area contributed by atoms with E-state index in [9.17, 15) is 0 Å². The number of hydrogen-bond donors (Lipinski definition) is 1. The lowest BCUT2D eigenvalue weighted by Gasteiger charge is -2.03. The highest BCUT2D eigenvalue weighted by atomic mass is 15.3. The molecule has 0 aliphatic heterocycles. The zero-order valence-electron chi connectivity index (χ0n) is 8.46. The molecule has 1 aromatic rings. The first kappa shape index (κ1) is 9.92. The van der Waals surface area contributed by atoms with Crippen molar-refractivity contribution in [3.8, 4) is 0 Å². The van der Waals surface area contributed by atoms with Crippen LogP contribution in [0.3, 0.4) is 0 Å². The molecular weight excluding hydrogens is 164 g/mol. The summed E-state index contributed by atoms with van der Waals surface area (Å²) in [7, 11) is 1.97. The molecule has 4 nitrogen and oxygen atoms in total. The Morgan fingerprint density at radius 3 is 2.69 bits per heavy atom. The second kappa shape index (κ2) is 4.18. The fourth-order valence-electron chi connectivity index (χ4n) is 0.993. The molecule has 4 heteroatoms. The smallest absolute Gasteiger partial charge is 0.146 e. The van der Waals surface area contributed by atoms with Gasteiger partial charge in [0.2, 0.25) is 0 Å². The van der Waals surface area contributed by atoms with Crippen LogP contribution >= 0.6 is 0 Å². The zero-order chi connectivity index (χ0) is 9.84. The van der Waals surface area contributed by atoms with Gasteiger partial charge in [0, 0.05) is 13.6 Å². The van der Waals surface area contributed by atoms with E-state index in [4.69, 9.17) is 0 Å². The van der Waals surface area contributed by atoms with Gasteiger partial charge in [0.25, 0.3) is 0 Å². The van der Waals surface area contributed by atoms with Crippen LogP contribution in [0, 0.1) is 6.92 Å². The summed E-state index contributed by atoms with van der Waals surface area (Å²) < 4.78 is 1.98. The molecule has 0 aliphatic carbocycles. The van der Waals surface area contributed by atoms with E-state index in [1.807, 2.05) is 25.5 Å². The molecule has 0 aromatic carbocycles. The van der Waals surface area contributed by atoms with Crippen molar-refractivity contribution in [3.05, 3.63) is 23.8 Å². The Morgan fingerprint density at radius 1 is 1.54 bits per heavy atom. The predicted octanol–water partition coefficient (Wildman–Crippen LogP) is 0.789. The normalized spacial score (nSPS) is 10.4. The van der Waals surface area contributed by atoms with E-state index in [0.29, 0.717) is 0 Å². The Labute approximate surface area is 78.7 Å². The Bertz CT molecular complexity index is 301. The van der Waals surface area contributed by atoms with Crippen LogP contribution in [0.2, 0.25) is 0 Å². The summed E-state index contributed by atoms with van der Waals surface area (Å²) in [6, 6.07) is 0. The minimum atomic E-state index is 0.740. The number of hydrogen-bond acceptors (Lipinski definition) is 3. The van der Waals surface area contributed by atoms with Crippen LogP contribution in [0.4, 0.5) is 0 Å². The summed E-state index contributed by atoms with van der Waals surface area (Å²) >= 11 is 0. The Hall–Kier alpha value is -1.16. The van der Waals surface area contributed by atoms with Crippen LogP contribution in [0.1, 0.15) is 18.6 Å². The van der Waals surface area contributed by atoms with Crippen molar-refractivity contribution in [1.82, 2.24) is 20.1 Å². The van der Waals surface area contributed by atoms with E-state index < -0.39 is 0 Å². The van der Waals surface area contributed by atoms with Crippen LogP contribution < -0.4 is 5.32 Å². The van der Waals surface area contributed by atoms with E-state index >= 15 is 0 Å². The summed E-state index contributed by atoms with van der Waals surface area (Å²) in [6.45, 7) is 9.31. The fraction of sp³-hybridized carbons (Fsp3) is 0.556. The monoisotopic (exact) mass is 180 g/mol. The number of aryl methyl sites for hydroxylation is 1. The summed E-state index contributed by atoms with van der Waals surface area (Å²) in [4.78, 5) is 0. The van der Waals surface area contributed by atoms with Gasteiger partial charge < -0.3 is 9.88 Å². The van der Waals surface area contributed by atoms with Gasteiger partial charge >= 0.3 is 0 Å². The minimum absolute atomic E-state index is 0.740. The third-order valence-corrected chi connectivity index (χ3v) is 1.89. The predicted molar refractivity (Wildman–Crippen MR) is 52.3 cm³/mol. The molecule has 0 unspecified atom stereocenters. The average Bonchev–Trinajstić information content (AvgIpc) is 2.35. The number of aromatic nitrogens is 3. The molecule has 0 atom stereocenters. The molecule has 0 fully saturated rings. The first-order chi connectivity index (χ1) is 6.11. The van der Waals surface area contributed by atoms with Gasteiger partial charge in [-0.1, -0.05) is 12.2 Å². The van der Waals surface area contributed by atoms with Gasteiger partial charge in [-0.25, -0.2) is 0 Å². The highest BCUT2D eigenvalue weighted by Crippen LogP contribution is 1.96. The standard InChI is InChI=1S/C9H16N4/c1-7(2)5-10-6-9-12-11-8(3)13(9)4/h10H,1,5-6H2,2-4H3. The minimum Gasteiger partial charge on any atom is -0.317 e. The fourth-order valence-corrected chi connectivity index (χ4v) is 0.993. The van der Waals surface area contributed by atoms with Crippen molar-refractivity contribution in [3.63, 3.8) is 0 Å². The highest BCUT2D eigenvalue weighted by Gasteiger charge is 2.02. The summed E-state index contributed by atoms with van der Waals surface area (Å²) in [5.74, 6) is 1.89. The second-order valence-corrected chi connectivity index (χ2v) is 3.28. The zero-order valence-corrected chi connectivity index (χ0v) is 8.46. The topological polar surface area (TPSA) is 42.7 Å². The van der Waals surface area contributed by atoms with Gasteiger partial charge in [0.05, 0.1) is 6.54 Å². The van der Waals surface area contributed by atoms with E-state index in [-0.39, 0.29) is 0 Å². The molecule has 0 spiro atoms. The van der Waals surface area contributed by atoms with Gasteiger partial charge in [-0.2, -0.15) is 0 Å². The molecule has 0 bridgehead atoms. The molecule has 72 valence electrons. The maximum absolute atomic E-state index is 4.03. The molecule has 1 rings (SSSR count). The molecule has 0 saturated heterocycles. The second-order valence-electron chi connectivity index (χ2n) is 3.28. The van der Waals surface area contributed by atoms with Crippen molar-refractivity contribution in [2.24, 2.45) is 7.05 Å². The molecule has 1 heterocycles. The number of rotatable bonds is 4. The lowest BCUT2D eigenvalue weighted by molar-refractivity contribution is 0.664. The van der Waals surface area contributed by atoms with Crippen LogP contribution in [0.25, 0.3) is 0 Å². The van der Waals surface area contributed by atoms with Crippen molar-refractivity contribution in [2.45, 2.75) is 20.4 Å². The molecule has 0 amide bonds. The highest BCUT2D eigenvalue weighted by molar-refractivity contribution is 4.95. The first-order valence-corrected chi connectivity index (χ1v) is 4.31. The van der Waals surface area contributed by atoms with Crippen LogP contribution in [0.5, 0.6) is 0 Å². The summed E-state index contributed by atoms with van der Waals surface area (Å²) in [5, 5.41) is 11.2. The maximum Gasteiger partial charge on any atom is 0.146 e. The van der Waals surface area contributed by atoms with Crippen molar-refractivity contribution in [1.29, 1.82) is 0 Å². The summed E-state index contributed by atoms with van der Waals surface area (Å²) in [5.41, 5.74) is 1.12. The third-order valence-electron chi connectivity index (χ3n) is 1.89. The largest absolute Gasteiger partial charge is 0.317 e. The Kier molecular flexibility index (Phi) is 3.19. The van der Waals surface area contributed by atoms with Gasteiger partial charge in [-0.05, 0) is 13.8 Å². The Balaban J connectivity index is 2.45. The molecule has 1 aromatic heterocycles. The average molecular weight is 180 g/mol. The van der Waals surface area contributed by atoms with E-state index in [0.717, 1.165) is 30.3 Å². The van der Waals surface area contributed by atoms with Gasteiger partial charge in [0.15, 0.2) is 0 Å². The Morgan fingerprint density at radius 2 is 2.23 bits per heavy atom. The third kappa shape index (κ3) is 2.66. The van der Waals surface area contributed by atoms with E-state index in [1.54, 1.807) is 0 Å². The number of nitrogens with zero attached hydrogens (tertiary/aromatic N) is 3. The molecule has 1 N–H and O–H groups in total. The maximum atomic E-state index is 4.03. The SMILES string of the molecule is C=C(C)CNCc1nnc(C)n1C.